The zero-order valence-electron chi connectivity index (χ0n) is 13.5. The molecule has 23 heavy (non-hydrogen) atoms. The fraction of sp³-hybridized carbons (Fsp3) is 0.714. The molecule has 0 aromatic heterocycles. The van der Waals surface area contributed by atoms with E-state index < -0.39 is 23.5 Å². The van der Waals surface area contributed by atoms with Gasteiger partial charge in [0.2, 0.25) is 5.91 Å². The van der Waals surface area contributed by atoms with E-state index in [0.717, 1.165) is 0 Å². The van der Waals surface area contributed by atoms with E-state index >= 15 is 0 Å². The molecular weight excluding hydrogens is 302 g/mol. The zero-order valence-corrected chi connectivity index (χ0v) is 13.5. The van der Waals surface area contributed by atoms with Crippen molar-refractivity contribution in [2.24, 2.45) is 5.73 Å². The highest BCUT2D eigenvalue weighted by molar-refractivity contribution is 6.10. The van der Waals surface area contributed by atoms with Crippen LogP contribution in [-0.4, -0.2) is 65.3 Å². The van der Waals surface area contributed by atoms with E-state index in [2.05, 4.69) is 10.6 Å². The molecule has 1 aliphatic heterocycles. The van der Waals surface area contributed by atoms with Gasteiger partial charge in [-0.2, -0.15) is 0 Å². The number of rotatable bonds is 8. The summed E-state index contributed by atoms with van der Waals surface area (Å²) in [5.41, 5.74) is 3.87. The van der Waals surface area contributed by atoms with E-state index in [1.165, 1.54) is 6.92 Å². The van der Waals surface area contributed by atoms with E-state index in [1.807, 2.05) is 0 Å². The van der Waals surface area contributed by atoms with Gasteiger partial charge in [-0.15, -0.1) is 0 Å². The van der Waals surface area contributed by atoms with Gasteiger partial charge in [0.05, 0.1) is 0 Å². The number of carbonyl (C=O) groups is 3. The highest BCUT2D eigenvalue weighted by atomic mass is 16.4. The molecule has 0 aliphatic carbocycles. The van der Waals surface area contributed by atoms with Crippen molar-refractivity contribution in [1.82, 2.24) is 15.5 Å². The second-order valence-electron chi connectivity index (χ2n) is 5.79. The van der Waals surface area contributed by atoms with Crippen LogP contribution in [-0.2, 0) is 14.4 Å². The van der Waals surface area contributed by atoms with Crippen molar-refractivity contribution in [1.29, 1.82) is 5.41 Å². The summed E-state index contributed by atoms with van der Waals surface area (Å²) >= 11 is 0. The molecule has 2 atom stereocenters. The minimum Gasteiger partial charge on any atom is -0.480 e. The van der Waals surface area contributed by atoms with Crippen molar-refractivity contribution in [3.63, 3.8) is 0 Å². The number of nitrogens with two attached hydrogens (primary N) is 1. The number of nitrogens with one attached hydrogen (secondary N) is 3. The molecule has 0 saturated carbocycles. The molecule has 0 aromatic rings. The van der Waals surface area contributed by atoms with Crippen LogP contribution in [0.5, 0.6) is 0 Å². The molecule has 9 heteroatoms. The third kappa shape index (κ3) is 4.41. The van der Waals surface area contributed by atoms with Crippen LogP contribution in [0.3, 0.4) is 0 Å². The number of nitrogens with zero attached hydrogens (tertiary/aromatic N) is 1. The maximum absolute atomic E-state index is 12.6. The highest BCUT2D eigenvalue weighted by Gasteiger charge is 2.50. The lowest BCUT2D eigenvalue weighted by molar-refractivity contribution is -0.147. The molecule has 1 rings (SSSR count). The van der Waals surface area contributed by atoms with Gasteiger partial charge in [-0.1, -0.05) is 0 Å². The van der Waals surface area contributed by atoms with Gasteiger partial charge in [0, 0.05) is 6.54 Å². The van der Waals surface area contributed by atoms with Crippen molar-refractivity contribution in [3.05, 3.63) is 0 Å². The number of likely N-dealkylation sites (N-methyl/N-ethyl adjacent to an activating group) is 1. The third-order valence-corrected chi connectivity index (χ3v) is 4.23. The quantitative estimate of drug-likeness (QED) is 0.164. The van der Waals surface area contributed by atoms with Gasteiger partial charge >= 0.3 is 5.97 Å². The molecule has 1 aliphatic rings. The molecule has 1 unspecified atom stereocenters. The molecule has 130 valence electrons. The largest absolute Gasteiger partial charge is 0.480 e. The first-order valence-corrected chi connectivity index (χ1v) is 7.55. The van der Waals surface area contributed by atoms with Gasteiger partial charge in [-0.05, 0) is 46.2 Å². The molecule has 1 heterocycles. The van der Waals surface area contributed by atoms with Gasteiger partial charge in [0.1, 0.15) is 6.04 Å². The normalized spacial score (nSPS) is 22.3. The lowest BCUT2D eigenvalue weighted by atomic mass is 9.90. The van der Waals surface area contributed by atoms with Crippen LogP contribution < -0.4 is 16.4 Å². The summed E-state index contributed by atoms with van der Waals surface area (Å²) in [4.78, 5) is 37.6. The first-order valence-electron chi connectivity index (χ1n) is 7.55. The van der Waals surface area contributed by atoms with Crippen molar-refractivity contribution in [2.45, 2.75) is 44.2 Å². The highest BCUT2D eigenvalue weighted by Crippen LogP contribution is 2.29. The maximum Gasteiger partial charge on any atom is 0.326 e. The topological polar surface area (TPSA) is 149 Å². The lowest BCUT2D eigenvalue weighted by Crippen LogP contribution is -2.61. The number of likely N-dealkylation sites (tertiary alicyclic amines) is 1. The van der Waals surface area contributed by atoms with Gasteiger partial charge in [-0.3, -0.25) is 19.9 Å². The SMILES string of the molecule is CC(=O)[C@@]1(C(=O)NC(CCCNC(=N)N)C(=O)O)CCCN1C. The van der Waals surface area contributed by atoms with Crippen LogP contribution in [0.4, 0.5) is 0 Å². The maximum atomic E-state index is 12.6. The number of carboxylic acids is 1. The van der Waals surface area contributed by atoms with Gasteiger partial charge < -0.3 is 21.5 Å². The van der Waals surface area contributed by atoms with E-state index in [4.69, 9.17) is 11.1 Å². The molecule has 0 radical (unpaired) electrons. The second-order valence-corrected chi connectivity index (χ2v) is 5.79. The van der Waals surface area contributed by atoms with Crippen molar-refractivity contribution in [3.8, 4) is 0 Å². The molecular formula is C14H25N5O4. The molecule has 6 N–H and O–H groups in total. The predicted molar refractivity (Wildman–Crippen MR) is 84.0 cm³/mol. The molecule has 0 spiro atoms. The summed E-state index contributed by atoms with van der Waals surface area (Å²) in [5.74, 6) is -2.18. The number of carboxylic acid groups (broad SMARTS) is 1. The second kappa shape index (κ2) is 7.91. The lowest BCUT2D eigenvalue weighted by Gasteiger charge is -2.33. The Kier molecular flexibility index (Phi) is 6.49. The van der Waals surface area contributed by atoms with Crippen LogP contribution in [0.1, 0.15) is 32.6 Å². The Morgan fingerprint density at radius 2 is 2.09 bits per heavy atom. The Morgan fingerprint density at radius 1 is 1.43 bits per heavy atom. The Bertz CT molecular complexity index is 496. The molecule has 0 aromatic carbocycles. The summed E-state index contributed by atoms with van der Waals surface area (Å²) < 4.78 is 0. The van der Waals surface area contributed by atoms with Crippen molar-refractivity contribution >= 4 is 23.6 Å². The minimum absolute atomic E-state index is 0.180. The predicted octanol–water partition coefficient (Wildman–Crippen LogP) is -1.13. The number of Topliss-reactive ketones (excluding diaryl/α,β-unsaturated/α-hetero) is 1. The number of carbonyl (C=O) groups excluding carboxylic acids is 2. The molecule has 1 saturated heterocycles. The van der Waals surface area contributed by atoms with Crippen LogP contribution >= 0.6 is 0 Å². The van der Waals surface area contributed by atoms with Crippen LogP contribution in [0, 0.1) is 5.41 Å². The number of ketones is 1. The summed E-state index contributed by atoms with van der Waals surface area (Å²) in [6, 6.07) is -1.08. The number of hydrogen-bond acceptors (Lipinski definition) is 5. The smallest absolute Gasteiger partial charge is 0.326 e. The Labute approximate surface area is 135 Å². The average Bonchev–Trinajstić information content (AvgIpc) is 2.84. The number of hydrogen-bond donors (Lipinski definition) is 5. The first-order chi connectivity index (χ1) is 10.7. The third-order valence-electron chi connectivity index (χ3n) is 4.23. The van der Waals surface area contributed by atoms with E-state index in [1.54, 1.807) is 11.9 Å². The molecule has 1 fully saturated rings. The van der Waals surface area contributed by atoms with Gasteiger partial charge in [-0.25, -0.2) is 4.79 Å². The Morgan fingerprint density at radius 3 is 2.52 bits per heavy atom. The first kappa shape index (κ1) is 18.9. The van der Waals surface area contributed by atoms with E-state index in [9.17, 15) is 19.5 Å². The Hall–Kier alpha value is -2.16. The fourth-order valence-corrected chi connectivity index (χ4v) is 2.91. The van der Waals surface area contributed by atoms with Crippen LogP contribution in [0.25, 0.3) is 0 Å². The number of guanidine groups is 1. The Balaban J connectivity index is 2.71. The number of amides is 1. The minimum atomic E-state index is -1.27. The van der Waals surface area contributed by atoms with Gasteiger partial charge in [0.15, 0.2) is 17.3 Å². The molecule has 1 amide bonds. The van der Waals surface area contributed by atoms with E-state index in [0.29, 0.717) is 32.4 Å². The van der Waals surface area contributed by atoms with Crippen LogP contribution in [0.15, 0.2) is 0 Å². The summed E-state index contributed by atoms with van der Waals surface area (Å²) in [5, 5.41) is 21.3. The van der Waals surface area contributed by atoms with Crippen molar-refractivity contribution in [2.75, 3.05) is 20.1 Å². The monoisotopic (exact) mass is 327 g/mol. The standard InChI is InChI=1S/C14H25N5O4/c1-9(20)14(6-4-8-19(14)2)12(23)18-10(11(21)22)5-3-7-17-13(15)16/h10H,3-8H2,1-2H3,(H,18,23)(H,21,22)(H4,15,16,17)/t10?,14-/m1/s1. The molecule has 9 nitrogen and oxygen atoms in total. The summed E-state index contributed by atoms with van der Waals surface area (Å²) in [7, 11) is 1.69. The van der Waals surface area contributed by atoms with E-state index in [-0.39, 0.29) is 18.2 Å². The molecule has 0 bridgehead atoms. The van der Waals surface area contributed by atoms with Crippen molar-refractivity contribution < 1.29 is 19.5 Å². The summed E-state index contributed by atoms with van der Waals surface area (Å²) in [6.07, 6.45) is 1.70. The zero-order chi connectivity index (χ0) is 17.6. The fourth-order valence-electron chi connectivity index (χ4n) is 2.91. The number of aliphatic carboxylic acids is 1. The van der Waals surface area contributed by atoms with Gasteiger partial charge in [0.25, 0.3) is 0 Å². The summed E-state index contributed by atoms with van der Waals surface area (Å²) in [6.45, 7) is 2.31. The van der Waals surface area contributed by atoms with Crippen LogP contribution in [0.2, 0.25) is 0 Å². The average molecular weight is 327 g/mol.